The highest BCUT2D eigenvalue weighted by Crippen LogP contribution is 2.75. The standard InChI is InChI=1S/C31H50O4/c1-26(2)22-10-13-30(6)23(28(22,4)12-11-24(26)33)9-8-20-21-18-31(19-32,25(34)35-7)17-15-27(21,3)14-16-29(20,30)5/h8,21-24,32-33H,9-19H2,1-7H3/t21-,22-,23-,24-,27+,28-,29-,30-,31-/m1/s1. The summed E-state index contributed by atoms with van der Waals surface area (Å²) in [7, 11) is 1.46. The van der Waals surface area contributed by atoms with Gasteiger partial charge in [0.25, 0.3) is 0 Å². The second-order valence-corrected chi connectivity index (χ2v) is 15.0. The zero-order valence-corrected chi connectivity index (χ0v) is 23.4. The molecule has 0 aromatic carbocycles. The van der Waals surface area contributed by atoms with Gasteiger partial charge in [-0.15, -0.1) is 0 Å². The predicted octanol–water partition coefficient (Wildman–Crippen LogP) is 6.29. The second kappa shape index (κ2) is 7.82. The van der Waals surface area contributed by atoms with Crippen molar-refractivity contribution in [3.8, 4) is 0 Å². The fourth-order valence-corrected chi connectivity index (χ4v) is 10.9. The molecule has 4 nitrogen and oxygen atoms in total. The van der Waals surface area contributed by atoms with Crippen molar-refractivity contribution in [3.63, 3.8) is 0 Å². The Kier molecular flexibility index (Phi) is 5.76. The smallest absolute Gasteiger partial charge is 0.314 e. The number of methoxy groups -OCH3 is 1. The van der Waals surface area contributed by atoms with Crippen LogP contribution in [0.25, 0.3) is 0 Å². The molecule has 4 fully saturated rings. The number of fused-ring (bicyclic) bond motifs is 7. The third-order valence-corrected chi connectivity index (χ3v) is 13.6. The summed E-state index contributed by atoms with van der Waals surface area (Å²) in [5.74, 6) is 1.27. The van der Waals surface area contributed by atoms with Gasteiger partial charge in [-0.3, -0.25) is 4.79 Å². The summed E-state index contributed by atoms with van der Waals surface area (Å²) in [6.45, 7) is 14.6. The van der Waals surface area contributed by atoms with Gasteiger partial charge in [0.15, 0.2) is 0 Å². The molecule has 5 aliphatic carbocycles. The van der Waals surface area contributed by atoms with Crippen molar-refractivity contribution in [2.45, 2.75) is 112 Å². The number of hydrogen-bond acceptors (Lipinski definition) is 4. The van der Waals surface area contributed by atoms with E-state index in [2.05, 4.69) is 47.6 Å². The molecule has 4 heteroatoms. The van der Waals surface area contributed by atoms with Crippen molar-refractivity contribution in [1.29, 1.82) is 0 Å². The number of esters is 1. The van der Waals surface area contributed by atoms with Gasteiger partial charge in [0.2, 0.25) is 0 Å². The van der Waals surface area contributed by atoms with Crippen molar-refractivity contribution in [2.75, 3.05) is 13.7 Å². The molecule has 0 amide bonds. The Labute approximate surface area is 213 Å². The van der Waals surface area contributed by atoms with Crippen LogP contribution in [0.4, 0.5) is 0 Å². The zero-order chi connectivity index (χ0) is 25.7. The van der Waals surface area contributed by atoms with E-state index in [0.717, 1.165) is 32.1 Å². The second-order valence-electron chi connectivity index (χ2n) is 15.0. The summed E-state index contributed by atoms with van der Waals surface area (Å²) in [5, 5.41) is 21.3. The quantitative estimate of drug-likeness (QED) is 0.355. The maximum Gasteiger partial charge on any atom is 0.314 e. The number of ether oxygens (including phenoxy) is 1. The van der Waals surface area contributed by atoms with E-state index in [1.165, 1.54) is 32.8 Å². The van der Waals surface area contributed by atoms with E-state index in [1.807, 2.05) is 0 Å². The fourth-order valence-electron chi connectivity index (χ4n) is 10.9. The summed E-state index contributed by atoms with van der Waals surface area (Å²) in [6.07, 6.45) is 12.8. The van der Waals surface area contributed by atoms with Crippen LogP contribution in [-0.4, -0.2) is 36.0 Å². The first-order chi connectivity index (χ1) is 16.2. The Balaban J connectivity index is 1.56. The highest BCUT2D eigenvalue weighted by Gasteiger charge is 2.68. The Bertz CT molecular complexity index is 923. The van der Waals surface area contributed by atoms with E-state index in [-0.39, 0.29) is 45.8 Å². The molecule has 0 bridgehead atoms. The number of carbonyl (C=O) groups excluding carboxylic acids is 1. The van der Waals surface area contributed by atoms with Crippen molar-refractivity contribution < 1.29 is 19.7 Å². The van der Waals surface area contributed by atoms with E-state index < -0.39 is 5.41 Å². The summed E-state index contributed by atoms with van der Waals surface area (Å²) >= 11 is 0. The normalized spacial score (nSPS) is 52.8. The Morgan fingerprint density at radius 1 is 0.971 bits per heavy atom. The van der Waals surface area contributed by atoms with Crippen LogP contribution >= 0.6 is 0 Å². The molecular formula is C31H50O4. The number of aliphatic hydroxyl groups excluding tert-OH is 2. The zero-order valence-electron chi connectivity index (χ0n) is 23.4. The van der Waals surface area contributed by atoms with Gasteiger partial charge in [0.1, 0.15) is 0 Å². The minimum atomic E-state index is -0.761. The third-order valence-electron chi connectivity index (χ3n) is 13.6. The third kappa shape index (κ3) is 3.14. The van der Waals surface area contributed by atoms with Crippen LogP contribution in [0.2, 0.25) is 0 Å². The first kappa shape index (κ1) is 25.8. The van der Waals surface area contributed by atoms with Crippen molar-refractivity contribution >= 4 is 5.97 Å². The van der Waals surface area contributed by atoms with Crippen LogP contribution in [0.15, 0.2) is 11.6 Å². The molecule has 5 rings (SSSR count). The molecule has 0 heterocycles. The molecule has 0 aliphatic heterocycles. The number of hydrogen-bond donors (Lipinski definition) is 2. The van der Waals surface area contributed by atoms with Crippen molar-refractivity contribution in [3.05, 3.63) is 11.6 Å². The minimum Gasteiger partial charge on any atom is -0.469 e. The van der Waals surface area contributed by atoms with Gasteiger partial charge in [0, 0.05) is 0 Å². The number of aliphatic hydroxyl groups is 2. The largest absolute Gasteiger partial charge is 0.469 e. The van der Waals surface area contributed by atoms with E-state index in [9.17, 15) is 15.0 Å². The summed E-state index contributed by atoms with van der Waals surface area (Å²) in [5.41, 5.74) is 1.56. The SMILES string of the molecule is COC(=O)[C@]1(CO)CC[C@]2(C)CC[C@]3(C)C(=CC[C@@H]4[C@]5(C)CC[C@@H](O)C(C)(C)[C@H]5CC[C@]43C)[C@H]2C1. The molecule has 0 spiro atoms. The fraction of sp³-hybridized carbons (Fsp3) is 0.903. The topological polar surface area (TPSA) is 66.8 Å². The van der Waals surface area contributed by atoms with Crippen LogP contribution < -0.4 is 0 Å². The summed E-state index contributed by atoms with van der Waals surface area (Å²) < 4.78 is 5.23. The monoisotopic (exact) mass is 486 g/mol. The van der Waals surface area contributed by atoms with Gasteiger partial charge < -0.3 is 14.9 Å². The van der Waals surface area contributed by atoms with Crippen LogP contribution in [0.3, 0.4) is 0 Å². The maximum atomic E-state index is 12.9. The van der Waals surface area contributed by atoms with Gasteiger partial charge in [-0.05, 0) is 109 Å². The number of allylic oxidation sites excluding steroid dienone is 2. The average Bonchev–Trinajstić information content (AvgIpc) is 2.82. The van der Waals surface area contributed by atoms with Crippen LogP contribution in [0, 0.1) is 50.2 Å². The van der Waals surface area contributed by atoms with Crippen molar-refractivity contribution in [1.82, 2.24) is 0 Å². The van der Waals surface area contributed by atoms with Crippen LogP contribution in [-0.2, 0) is 9.53 Å². The Hall–Kier alpha value is -0.870. The van der Waals surface area contributed by atoms with Crippen molar-refractivity contribution in [2.24, 2.45) is 50.2 Å². The first-order valence-corrected chi connectivity index (χ1v) is 14.3. The van der Waals surface area contributed by atoms with Crippen LogP contribution in [0.5, 0.6) is 0 Å². The Morgan fingerprint density at radius 3 is 2.31 bits per heavy atom. The van der Waals surface area contributed by atoms with Gasteiger partial charge >= 0.3 is 5.97 Å². The molecule has 4 saturated carbocycles. The molecule has 0 radical (unpaired) electrons. The first-order valence-electron chi connectivity index (χ1n) is 14.3. The van der Waals surface area contributed by atoms with E-state index in [4.69, 9.17) is 4.74 Å². The van der Waals surface area contributed by atoms with E-state index in [1.54, 1.807) is 5.57 Å². The lowest BCUT2D eigenvalue weighted by Gasteiger charge is -2.71. The van der Waals surface area contributed by atoms with Gasteiger partial charge in [-0.1, -0.05) is 53.2 Å². The Morgan fingerprint density at radius 2 is 1.66 bits per heavy atom. The maximum absolute atomic E-state index is 12.9. The van der Waals surface area contributed by atoms with Crippen LogP contribution in [0.1, 0.15) is 106 Å². The molecule has 0 aromatic rings. The molecule has 0 aromatic heterocycles. The van der Waals surface area contributed by atoms with Gasteiger partial charge in [-0.25, -0.2) is 0 Å². The molecule has 35 heavy (non-hydrogen) atoms. The molecular weight excluding hydrogens is 436 g/mol. The number of carbonyl (C=O) groups is 1. The molecule has 0 saturated heterocycles. The lowest BCUT2D eigenvalue weighted by molar-refractivity contribution is -0.204. The predicted molar refractivity (Wildman–Crippen MR) is 138 cm³/mol. The summed E-state index contributed by atoms with van der Waals surface area (Å²) in [4.78, 5) is 12.9. The number of rotatable bonds is 2. The highest BCUT2D eigenvalue weighted by molar-refractivity contribution is 5.77. The minimum absolute atomic E-state index is 0.0328. The lowest BCUT2D eigenvalue weighted by atomic mass is 9.33. The van der Waals surface area contributed by atoms with Gasteiger partial charge in [0.05, 0.1) is 25.2 Å². The molecule has 9 atom stereocenters. The lowest BCUT2D eigenvalue weighted by Crippen LogP contribution is -2.64. The molecule has 0 unspecified atom stereocenters. The summed E-state index contributed by atoms with van der Waals surface area (Å²) in [6, 6.07) is 0. The molecule has 2 N–H and O–H groups in total. The van der Waals surface area contributed by atoms with E-state index in [0.29, 0.717) is 24.2 Å². The molecule has 5 aliphatic rings. The molecule has 198 valence electrons. The highest BCUT2D eigenvalue weighted by atomic mass is 16.5. The van der Waals surface area contributed by atoms with Gasteiger partial charge in [-0.2, -0.15) is 0 Å². The van der Waals surface area contributed by atoms with E-state index >= 15 is 0 Å². The average molecular weight is 487 g/mol.